The third kappa shape index (κ3) is 4.52. The molecule has 0 bridgehead atoms. The highest BCUT2D eigenvalue weighted by atomic mass is 32.1. The maximum Gasteiger partial charge on any atom is 0.171 e. The van der Waals surface area contributed by atoms with Crippen molar-refractivity contribution in [2.24, 2.45) is 0 Å². The maximum atomic E-state index is 5.41. The van der Waals surface area contributed by atoms with Gasteiger partial charge >= 0.3 is 0 Å². The van der Waals surface area contributed by atoms with E-state index in [4.69, 9.17) is 26.4 Å². The first kappa shape index (κ1) is 17.9. The molecule has 2 N–H and O–H groups in total. The maximum absolute atomic E-state index is 5.41. The molecule has 0 amide bonds. The normalized spacial score (nSPS) is 10.0. The van der Waals surface area contributed by atoms with Crippen molar-refractivity contribution < 1.29 is 14.2 Å². The Morgan fingerprint density at radius 1 is 0.958 bits per heavy atom. The Labute approximate surface area is 147 Å². The largest absolute Gasteiger partial charge is 0.496 e. The van der Waals surface area contributed by atoms with Crippen LogP contribution in [-0.4, -0.2) is 26.4 Å². The van der Waals surface area contributed by atoms with E-state index in [9.17, 15) is 0 Å². The molecule has 0 aliphatic rings. The van der Waals surface area contributed by atoms with E-state index in [1.54, 1.807) is 27.4 Å². The van der Waals surface area contributed by atoms with Gasteiger partial charge in [0.2, 0.25) is 0 Å². The van der Waals surface area contributed by atoms with Crippen molar-refractivity contribution in [3.05, 3.63) is 47.5 Å². The van der Waals surface area contributed by atoms with Crippen molar-refractivity contribution in [1.82, 2.24) is 5.32 Å². The quantitative estimate of drug-likeness (QED) is 0.781. The smallest absolute Gasteiger partial charge is 0.171 e. The first-order chi connectivity index (χ1) is 11.6. The number of aryl methyl sites for hydroxylation is 1. The Morgan fingerprint density at radius 3 is 2.25 bits per heavy atom. The molecule has 0 spiro atoms. The van der Waals surface area contributed by atoms with E-state index in [-0.39, 0.29) is 0 Å². The second-order valence-electron chi connectivity index (χ2n) is 5.20. The first-order valence-electron chi connectivity index (χ1n) is 7.47. The molecule has 0 unspecified atom stereocenters. The number of hydrogen-bond acceptors (Lipinski definition) is 4. The molecule has 24 heavy (non-hydrogen) atoms. The number of nitrogens with one attached hydrogen (secondary N) is 2. The van der Waals surface area contributed by atoms with Gasteiger partial charge in [-0.05, 0) is 42.9 Å². The Hall–Kier alpha value is -2.47. The highest BCUT2D eigenvalue weighted by Gasteiger charge is 2.12. The average Bonchev–Trinajstić information content (AvgIpc) is 2.59. The third-order valence-corrected chi connectivity index (χ3v) is 3.75. The average molecular weight is 346 g/mol. The highest BCUT2D eigenvalue weighted by molar-refractivity contribution is 7.80. The van der Waals surface area contributed by atoms with Gasteiger partial charge in [0.25, 0.3) is 0 Å². The van der Waals surface area contributed by atoms with Crippen LogP contribution in [0.2, 0.25) is 0 Å². The monoisotopic (exact) mass is 346 g/mol. The van der Waals surface area contributed by atoms with E-state index in [1.807, 2.05) is 37.3 Å². The minimum atomic E-state index is 0.501. The lowest BCUT2D eigenvalue weighted by Gasteiger charge is -2.16. The van der Waals surface area contributed by atoms with Crippen LogP contribution in [0.5, 0.6) is 17.2 Å². The van der Waals surface area contributed by atoms with Crippen LogP contribution >= 0.6 is 12.2 Å². The summed E-state index contributed by atoms with van der Waals surface area (Å²) in [7, 11) is 4.82. The van der Waals surface area contributed by atoms with Crippen molar-refractivity contribution >= 4 is 23.0 Å². The van der Waals surface area contributed by atoms with Crippen molar-refractivity contribution in [2.75, 3.05) is 26.6 Å². The van der Waals surface area contributed by atoms with Crippen molar-refractivity contribution in [2.45, 2.75) is 13.5 Å². The van der Waals surface area contributed by atoms with Gasteiger partial charge in [0, 0.05) is 23.9 Å². The fourth-order valence-corrected chi connectivity index (χ4v) is 2.49. The Kier molecular flexibility index (Phi) is 6.26. The molecular weight excluding hydrogens is 324 g/mol. The van der Waals surface area contributed by atoms with Crippen LogP contribution in [0.1, 0.15) is 11.1 Å². The standard InChI is InChI=1S/C18H22N2O3S/c1-12-6-5-7-14(8-12)20-18(24)19-11-13-9-16(22-3)17(23-4)10-15(13)21-2/h5-10H,11H2,1-4H3,(H2,19,20,24). The number of benzene rings is 2. The zero-order valence-corrected chi connectivity index (χ0v) is 15.1. The SMILES string of the molecule is COc1cc(OC)c(OC)cc1CNC(=S)Nc1cccc(C)c1. The Balaban J connectivity index is 2.06. The second kappa shape index (κ2) is 8.40. The summed E-state index contributed by atoms with van der Waals surface area (Å²) in [6, 6.07) is 11.7. The third-order valence-electron chi connectivity index (χ3n) is 3.50. The lowest BCUT2D eigenvalue weighted by Crippen LogP contribution is -2.28. The van der Waals surface area contributed by atoms with E-state index >= 15 is 0 Å². The summed E-state index contributed by atoms with van der Waals surface area (Å²) in [4.78, 5) is 0. The number of hydrogen-bond donors (Lipinski definition) is 2. The fourth-order valence-electron chi connectivity index (χ4n) is 2.30. The summed E-state index contributed by atoms with van der Waals surface area (Å²) < 4.78 is 16.0. The lowest BCUT2D eigenvalue weighted by atomic mass is 10.1. The summed E-state index contributed by atoms with van der Waals surface area (Å²) >= 11 is 5.35. The van der Waals surface area contributed by atoms with Crippen molar-refractivity contribution in [3.8, 4) is 17.2 Å². The molecule has 2 aromatic carbocycles. The molecule has 128 valence electrons. The van der Waals surface area contributed by atoms with Gasteiger partial charge in [0.15, 0.2) is 16.6 Å². The zero-order valence-electron chi connectivity index (χ0n) is 14.3. The number of thiocarbonyl (C=S) groups is 1. The molecule has 0 heterocycles. The predicted octanol–water partition coefficient (Wildman–Crippen LogP) is 3.51. The van der Waals surface area contributed by atoms with E-state index in [0.29, 0.717) is 28.9 Å². The topological polar surface area (TPSA) is 51.8 Å². The molecule has 0 aromatic heterocycles. The molecule has 0 fully saturated rings. The molecule has 2 aromatic rings. The molecule has 0 aliphatic carbocycles. The molecule has 0 aliphatic heterocycles. The fraction of sp³-hybridized carbons (Fsp3) is 0.278. The number of ether oxygens (including phenoxy) is 3. The van der Waals surface area contributed by atoms with Gasteiger partial charge in [-0.25, -0.2) is 0 Å². The molecule has 0 saturated carbocycles. The van der Waals surface area contributed by atoms with Gasteiger partial charge in [-0.2, -0.15) is 0 Å². The van der Waals surface area contributed by atoms with Crippen LogP contribution < -0.4 is 24.8 Å². The number of methoxy groups -OCH3 is 3. The zero-order chi connectivity index (χ0) is 17.5. The molecule has 0 saturated heterocycles. The van der Waals surface area contributed by atoms with E-state index in [2.05, 4.69) is 10.6 Å². The summed E-state index contributed by atoms with van der Waals surface area (Å²) in [6.45, 7) is 2.54. The summed E-state index contributed by atoms with van der Waals surface area (Å²) in [5, 5.41) is 6.88. The van der Waals surface area contributed by atoms with Crippen LogP contribution in [0.15, 0.2) is 36.4 Å². The van der Waals surface area contributed by atoms with Crippen LogP contribution in [0, 0.1) is 6.92 Å². The summed E-state index contributed by atoms with van der Waals surface area (Å²) in [5.41, 5.74) is 3.04. The van der Waals surface area contributed by atoms with E-state index in [0.717, 1.165) is 11.3 Å². The van der Waals surface area contributed by atoms with Gasteiger partial charge in [-0.3, -0.25) is 0 Å². The van der Waals surface area contributed by atoms with Gasteiger partial charge < -0.3 is 24.8 Å². The second-order valence-corrected chi connectivity index (χ2v) is 5.60. The van der Waals surface area contributed by atoms with Gasteiger partial charge in [-0.15, -0.1) is 0 Å². The van der Waals surface area contributed by atoms with Crippen LogP contribution in [0.25, 0.3) is 0 Å². The summed E-state index contributed by atoms with van der Waals surface area (Å²) in [6.07, 6.45) is 0. The van der Waals surface area contributed by atoms with Crippen LogP contribution in [0.3, 0.4) is 0 Å². The first-order valence-corrected chi connectivity index (χ1v) is 7.88. The molecule has 0 atom stereocenters. The predicted molar refractivity (Wildman–Crippen MR) is 100 cm³/mol. The number of anilines is 1. The minimum absolute atomic E-state index is 0.501. The highest BCUT2D eigenvalue weighted by Crippen LogP contribution is 2.34. The van der Waals surface area contributed by atoms with Crippen LogP contribution in [-0.2, 0) is 6.54 Å². The van der Waals surface area contributed by atoms with E-state index in [1.165, 1.54) is 5.56 Å². The van der Waals surface area contributed by atoms with E-state index < -0.39 is 0 Å². The molecule has 5 nitrogen and oxygen atoms in total. The van der Waals surface area contributed by atoms with Crippen molar-refractivity contribution in [3.63, 3.8) is 0 Å². The van der Waals surface area contributed by atoms with Gasteiger partial charge in [0.05, 0.1) is 21.3 Å². The minimum Gasteiger partial charge on any atom is -0.496 e. The Bertz CT molecular complexity index is 719. The molecule has 2 rings (SSSR count). The van der Waals surface area contributed by atoms with Crippen LogP contribution in [0.4, 0.5) is 5.69 Å². The Morgan fingerprint density at radius 2 is 1.62 bits per heavy atom. The molecular formula is C18H22N2O3S. The summed E-state index contributed by atoms with van der Waals surface area (Å²) in [5.74, 6) is 1.98. The lowest BCUT2D eigenvalue weighted by molar-refractivity contribution is 0.347. The molecule has 0 radical (unpaired) electrons. The number of rotatable bonds is 6. The van der Waals surface area contributed by atoms with Gasteiger partial charge in [-0.1, -0.05) is 12.1 Å². The van der Waals surface area contributed by atoms with Gasteiger partial charge in [0.1, 0.15) is 5.75 Å². The molecule has 6 heteroatoms. The van der Waals surface area contributed by atoms with Crippen molar-refractivity contribution in [1.29, 1.82) is 0 Å².